The molecule has 3 amide bonds. The molecule has 0 radical (unpaired) electrons. The van der Waals surface area contributed by atoms with Crippen LogP contribution in [0.3, 0.4) is 0 Å². The molecule has 0 aromatic heterocycles. The Balaban J connectivity index is 0.000000571. The Kier molecular flexibility index (Phi) is 17.6. The summed E-state index contributed by atoms with van der Waals surface area (Å²) in [6.45, 7) is 13.5. The molecule has 2 aliphatic heterocycles. The number of carbonyl (C=O) groups is 4. The van der Waals surface area contributed by atoms with Gasteiger partial charge < -0.3 is 30.4 Å². The normalized spacial score (nSPS) is 15.9. The van der Waals surface area contributed by atoms with Gasteiger partial charge in [-0.2, -0.15) is 0 Å². The first-order chi connectivity index (χ1) is 17.4. The van der Waals surface area contributed by atoms with E-state index in [-0.39, 0.29) is 17.7 Å². The number of nitrogens with zero attached hydrogens (tertiary/aromatic N) is 4. The Hall–Kier alpha value is -3.02. The van der Waals surface area contributed by atoms with E-state index in [9.17, 15) is 14.4 Å². The first kappa shape index (κ1) is 34.0. The third-order valence-corrected chi connectivity index (χ3v) is 5.75. The van der Waals surface area contributed by atoms with E-state index >= 15 is 0 Å². The van der Waals surface area contributed by atoms with Gasteiger partial charge in [0.25, 0.3) is 11.9 Å². The second-order valence-electron chi connectivity index (χ2n) is 8.99. The molecule has 2 fully saturated rings. The van der Waals surface area contributed by atoms with Gasteiger partial charge in [-0.1, -0.05) is 12.1 Å². The van der Waals surface area contributed by atoms with Gasteiger partial charge in [0.15, 0.2) is 0 Å². The monoisotopic (exact) mass is 522 g/mol. The zero-order valence-corrected chi connectivity index (χ0v) is 23.5. The summed E-state index contributed by atoms with van der Waals surface area (Å²) in [5, 5.41) is 12.4. The molecule has 210 valence electrons. The van der Waals surface area contributed by atoms with E-state index in [1.807, 2.05) is 29.2 Å². The Morgan fingerprint density at radius 3 is 1.51 bits per heavy atom. The van der Waals surface area contributed by atoms with Crippen LogP contribution >= 0.6 is 0 Å². The van der Waals surface area contributed by atoms with Crippen LogP contribution in [0.25, 0.3) is 0 Å². The van der Waals surface area contributed by atoms with Gasteiger partial charge in [-0.3, -0.25) is 24.1 Å². The molecule has 0 unspecified atom stereocenters. The van der Waals surface area contributed by atoms with Crippen LogP contribution in [-0.4, -0.2) is 129 Å². The topological polar surface area (TPSA) is 126 Å². The number of benzene rings is 1. The van der Waals surface area contributed by atoms with Crippen LogP contribution < -0.4 is 10.6 Å². The Labute approximate surface area is 221 Å². The molecule has 11 heteroatoms. The molecule has 1 aromatic rings. The maximum absolute atomic E-state index is 11.4. The van der Waals surface area contributed by atoms with Gasteiger partial charge in [0.05, 0.1) is 0 Å². The first-order valence-corrected chi connectivity index (χ1v) is 12.4. The number of carboxylic acid groups (broad SMARTS) is 1. The number of rotatable bonds is 3. The van der Waals surface area contributed by atoms with Gasteiger partial charge in [-0.15, -0.1) is 0 Å². The van der Waals surface area contributed by atoms with Crippen molar-refractivity contribution in [3.8, 4) is 0 Å². The van der Waals surface area contributed by atoms with E-state index in [1.54, 1.807) is 21.0 Å². The number of amides is 3. The average molecular weight is 523 g/mol. The number of hydrogen-bond donors (Lipinski definition) is 3. The van der Waals surface area contributed by atoms with Gasteiger partial charge in [-0.05, 0) is 31.8 Å². The summed E-state index contributed by atoms with van der Waals surface area (Å²) in [7, 11) is 7.50. The van der Waals surface area contributed by atoms with E-state index in [2.05, 4.69) is 39.4 Å². The SMILES string of the molecule is CC(=O)N1CCN(C)CC1.CC(=O)O.CNC(=O)c1ccc(CN2CCN(C)CC2)cc1.CNC(C)=O. The van der Waals surface area contributed by atoms with Crippen LogP contribution in [0.15, 0.2) is 24.3 Å². The Bertz CT molecular complexity index is 813. The fourth-order valence-corrected chi connectivity index (χ4v) is 3.29. The standard InChI is InChI=1S/C14H21N3O.C7H14N2O.C3H7NO.C2H4O2/c1-15-14(18)13-5-3-12(4-6-13)11-17-9-7-16(2)8-10-17;1-7(10)9-5-3-8(2)4-6-9;1-3(5)4-2;1-2(3)4/h3-6H,7-11H2,1-2H3,(H,15,18);3-6H2,1-2H3;1-2H3,(H,4,5);1H3,(H,3,4). The summed E-state index contributed by atoms with van der Waals surface area (Å²) in [6.07, 6.45) is 0. The maximum Gasteiger partial charge on any atom is 0.300 e. The lowest BCUT2D eigenvalue weighted by Gasteiger charge is -2.32. The third-order valence-electron chi connectivity index (χ3n) is 5.75. The van der Waals surface area contributed by atoms with Crippen LogP contribution in [0.4, 0.5) is 0 Å². The van der Waals surface area contributed by atoms with Crippen LogP contribution in [0.5, 0.6) is 0 Å². The summed E-state index contributed by atoms with van der Waals surface area (Å²) in [5.74, 6) is -0.653. The van der Waals surface area contributed by atoms with E-state index in [0.29, 0.717) is 0 Å². The fraction of sp³-hybridized carbons (Fsp3) is 0.615. The molecule has 2 heterocycles. The number of likely N-dealkylation sites (N-methyl/N-ethyl adjacent to an activating group) is 2. The molecule has 0 spiro atoms. The number of piperazine rings is 2. The molecule has 0 atom stereocenters. The molecule has 3 rings (SSSR count). The fourth-order valence-electron chi connectivity index (χ4n) is 3.29. The molecule has 11 nitrogen and oxygen atoms in total. The van der Waals surface area contributed by atoms with Gasteiger partial charge in [0.1, 0.15) is 0 Å². The van der Waals surface area contributed by atoms with Crippen molar-refractivity contribution in [2.45, 2.75) is 27.3 Å². The van der Waals surface area contributed by atoms with E-state index < -0.39 is 5.97 Å². The number of carbonyl (C=O) groups excluding carboxylic acids is 3. The van der Waals surface area contributed by atoms with Gasteiger partial charge in [-0.25, -0.2) is 0 Å². The minimum atomic E-state index is -0.833. The lowest BCUT2D eigenvalue weighted by molar-refractivity contribution is -0.134. The molecule has 0 bridgehead atoms. The zero-order chi connectivity index (χ0) is 28.4. The number of hydrogen-bond acceptors (Lipinski definition) is 7. The highest BCUT2D eigenvalue weighted by atomic mass is 16.4. The predicted octanol–water partition coefficient (Wildman–Crippen LogP) is 0.417. The molecule has 1 aromatic carbocycles. The summed E-state index contributed by atoms with van der Waals surface area (Å²) < 4.78 is 0. The summed E-state index contributed by atoms with van der Waals surface area (Å²) in [4.78, 5) is 49.9. The number of carboxylic acids is 1. The van der Waals surface area contributed by atoms with Crippen LogP contribution in [0, 0.1) is 0 Å². The highest BCUT2D eigenvalue weighted by molar-refractivity contribution is 5.93. The van der Waals surface area contributed by atoms with Crippen molar-refractivity contribution < 1.29 is 24.3 Å². The third kappa shape index (κ3) is 17.1. The average Bonchev–Trinajstić information content (AvgIpc) is 2.86. The molecule has 2 aliphatic rings. The van der Waals surface area contributed by atoms with Crippen LogP contribution in [-0.2, 0) is 20.9 Å². The highest BCUT2D eigenvalue weighted by Crippen LogP contribution is 2.09. The zero-order valence-electron chi connectivity index (χ0n) is 23.5. The molecule has 0 aliphatic carbocycles. The van der Waals surface area contributed by atoms with Gasteiger partial charge in [0, 0.05) is 99.3 Å². The second kappa shape index (κ2) is 19.1. The van der Waals surface area contributed by atoms with Gasteiger partial charge in [0.2, 0.25) is 11.8 Å². The van der Waals surface area contributed by atoms with Crippen molar-refractivity contribution in [2.24, 2.45) is 0 Å². The molecule has 3 N–H and O–H groups in total. The number of nitrogens with one attached hydrogen (secondary N) is 2. The highest BCUT2D eigenvalue weighted by Gasteiger charge is 2.15. The molecule has 0 saturated carbocycles. The van der Waals surface area contributed by atoms with Crippen LogP contribution in [0.1, 0.15) is 36.7 Å². The van der Waals surface area contributed by atoms with Crippen molar-refractivity contribution >= 4 is 23.7 Å². The quantitative estimate of drug-likeness (QED) is 0.522. The van der Waals surface area contributed by atoms with Crippen molar-refractivity contribution in [3.05, 3.63) is 35.4 Å². The summed E-state index contributed by atoms with van der Waals surface area (Å²) >= 11 is 0. The van der Waals surface area contributed by atoms with Crippen molar-refractivity contribution in [1.82, 2.24) is 30.2 Å². The van der Waals surface area contributed by atoms with Crippen molar-refractivity contribution in [3.63, 3.8) is 0 Å². The Morgan fingerprint density at radius 1 is 0.757 bits per heavy atom. The molecular formula is C26H46N6O5. The molecular weight excluding hydrogens is 476 g/mol. The van der Waals surface area contributed by atoms with Crippen molar-refractivity contribution in [1.29, 1.82) is 0 Å². The lowest BCUT2D eigenvalue weighted by atomic mass is 10.1. The first-order valence-electron chi connectivity index (χ1n) is 12.4. The largest absolute Gasteiger partial charge is 0.481 e. The predicted molar refractivity (Wildman–Crippen MR) is 145 cm³/mol. The minimum Gasteiger partial charge on any atom is -0.481 e. The summed E-state index contributed by atoms with van der Waals surface area (Å²) in [6, 6.07) is 7.88. The Morgan fingerprint density at radius 2 is 1.16 bits per heavy atom. The number of aliphatic carboxylic acids is 1. The maximum atomic E-state index is 11.4. The molecule has 2 saturated heterocycles. The lowest BCUT2D eigenvalue weighted by Crippen LogP contribution is -2.46. The van der Waals surface area contributed by atoms with E-state index in [0.717, 1.165) is 71.4 Å². The second-order valence-corrected chi connectivity index (χ2v) is 8.99. The van der Waals surface area contributed by atoms with Crippen molar-refractivity contribution in [2.75, 3.05) is 80.5 Å². The van der Waals surface area contributed by atoms with E-state index in [1.165, 1.54) is 12.5 Å². The molecule has 37 heavy (non-hydrogen) atoms. The minimum absolute atomic E-state index is 0.00463. The van der Waals surface area contributed by atoms with Gasteiger partial charge >= 0.3 is 0 Å². The van der Waals surface area contributed by atoms with E-state index in [4.69, 9.17) is 9.90 Å². The van der Waals surface area contributed by atoms with Crippen LogP contribution in [0.2, 0.25) is 0 Å². The summed E-state index contributed by atoms with van der Waals surface area (Å²) in [5.41, 5.74) is 1.99. The smallest absolute Gasteiger partial charge is 0.300 e.